The molecule has 0 aliphatic rings. The molecule has 0 amide bonds. The molecule has 0 saturated heterocycles. The summed E-state index contributed by atoms with van der Waals surface area (Å²) in [5.74, 6) is 1.01. The third kappa shape index (κ3) is 4.59. The molecule has 0 N–H and O–H groups in total. The number of hydrogen-bond acceptors (Lipinski definition) is 1. The zero-order valence-electron chi connectivity index (χ0n) is 15.2. The zero-order valence-corrected chi connectivity index (χ0v) is 17.1. The average molecular weight is 383 g/mol. The minimum absolute atomic E-state index is 1.01. The Bertz CT molecular complexity index is 912. The highest BCUT2D eigenvalue weighted by molar-refractivity contribution is 7.98. The van der Waals surface area contributed by atoms with E-state index in [1.807, 2.05) is 11.8 Å². The Kier molecular flexibility index (Phi) is 5.88. The van der Waals surface area contributed by atoms with E-state index in [2.05, 4.69) is 115 Å². The van der Waals surface area contributed by atoms with Crippen molar-refractivity contribution in [1.82, 2.24) is 0 Å². The van der Waals surface area contributed by atoms with Crippen molar-refractivity contribution in [1.29, 1.82) is 0 Å². The molecule has 0 aliphatic heterocycles. The van der Waals surface area contributed by atoms with Crippen LogP contribution in [-0.2, 0) is 5.75 Å². The van der Waals surface area contributed by atoms with Gasteiger partial charge in [-0.15, -0.1) is 11.8 Å². The number of rotatable bonds is 6. The molecule has 0 atom stereocenters. The van der Waals surface area contributed by atoms with Gasteiger partial charge in [-0.25, -0.2) is 0 Å². The Morgan fingerprint density at radius 2 is 0.926 bits per heavy atom. The van der Waals surface area contributed by atoms with Crippen molar-refractivity contribution < 1.29 is 0 Å². The van der Waals surface area contributed by atoms with Gasteiger partial charge in [-0.2, -0.15) is 0 Å². The minimum Gasteiger partial charge on any atom is -0.121 e. The molecule has 2 heteroatoms. The summed E-state index contributed by atoms with van der Waals surface area (Å²) in [6, 6.07) is 41.8. The summed E-state index contributed by atoms with van der Waals surface area (Å²) in [5, 5.41) is 4.40. The van der Waals surface area contributed by atoms with Crippen LogP contribution in [0.1, 0.15) is 5.56 Å². The zero-order chi connectivity index (χ0) is 18.3. The third-order valence-corrected chi connectivity index (χ3v) is 8.97. The van der Waals surface area contributed by atoms with Crippen LogP contribution in [0.25, 0.3) is 0 Å². The van der Waals surface area contributed by atoms with Crippen molar-refractivity contribution in [3.8, 4) is 0 Å². The van der Waals surface area contributed by atoms with Gasteiger partial charge in [-0.3, -0.25) is 0 Å². The topological polar surface area (TPSA) is 0 Å². The number of hydrogen-bond donors (Lipinski definition) is 0. The predicted octanol–water partition coefficient (Wildman–Crippen LogP) is 4.23. The molecule has 0 saturated carbocycles. The van der Waals surface area contributed by atoms with Crippen molar-refractivity contribution >= 4 is 36.1 Å². The van der Waals surface area contributed by atoms with Crippen molar-refractivity contribution in [3.05, 3.63) is 121 Å². The first-order valence-corrected chi connectivity index (χ1v) is 12.0. The molecule has 0 aromatic heterocycles. The first-order chi connectivity index (χ1) is 13.4. The van der Waals surface area contributed by atoms with Crippen LogP contribution >= 0.6 is 11.8 Å². The van der Waals surface area contributed by atoms with E-state index in [0.717, 1.165) is 5.75 Å². The molecule has 0 bridgehead atoms. The molecule has 0 unspecified atom stereocenters. The van der Waals surface area contributed by atoms with E-state index in [9.17, 15) is 0 Å². The van der Waals surface area contributed by atoms with E-state index >= 15 is 0 Å². The lowest BCUT2D eigenvalue weighted by atomic mass is 10.2. The highest BCUT2D eigenvalue weighted by atomic mass is 32.2. The Labute approximate surface area is 167 Å². The highest BCUT2D eigenvalue weighted by Crippen LogP contribution is 2.21. The fraction of sp³-hybridized carbons (Fsp3) is 0.0400. The number of benzene rings is 4. The normalized spacial score (nSPS) is 10.9. The molecule has 0 nitrogen and oxygen atoms in total. The highest BCUT2D eigenvalue weighted by Gasteiger charge is 2.18. The molecule has 0 spiro atoms. The van der Waals surface area contributed by atoms with Gasteiger partial charge in [0.15, 0.2) is 0 Å². The molecule has 0 heterocycles. The fourth-order valence-corrected chi connectivity index (χ4v) is 7.17. The summed E-state index contributed by atoms with van der Waals surface area (Å²) < 4.78 is 0. The van der Waals surface area contributed by atoms with Crippen LogP contribution in [0.5, 0.6) is 0 Å². The quantitative estimate of drug-likeness (QED) is 0.273. The van der Waals surface area contributed by atoms with Gasteiger partial charge >= 0.3 is 0 Å². The molecule has 4 rings (SSSR count). The monoisotopic (exact) mass is 382 g/mol. The maximum atomic E-state index is 2.34. The summed E-state index contributed by atoms with van der Waals surface area (Å²) in [5.41, 5.74) is 1.37. The molecule has 4 aromatic rings. The summed E-state index contributed by atoms with van der Waals surface area (Å²) in [4.78, 5) is 1.33. The van der Waals surface area contributed by atoms with E-state index in [1.165, 1.54) is 26.0 Å². The summed E-state index contributed by atoms with van der Waals surface area (Å²) in [7, 11) is -1.42. The summed E-state index contributed by atoms with van der Waals surface area (Å²) in [6.45, 7) is 0. The minimum atomic E-state index is -1.42. The van der Waals surface area contributed by atoms with Crippen LogP contribution < -0.4 is 15.6 Å². The van der Waals surface area contributed by atoms with Crippen LogP contribution in [0.4, 0.5) is 0 Å². The van der Waals surface area contributed by atoms with Crippen molar-refractivity contribution in [2.45, 2.75) is 10.6 Å². The molecule has 4 aromatic carbocycles. The largest absolute Gasteiger partial charge is 0.132 e. The fourth-order valence-electron chi connectivity index (χ4n) is 3.37. The van der Waals surface area contributed by atoms with E-state index in [1.54, 1.807) is 0 Å². The molecule has 0 radical (unpaired) electrons. The second kappa shape index (κ2) is 8.89. The van der Waals surface area contributed by atoms with Crippen LogP contribution in [0, 0.1) is 0 Å². The summed E-state index contributed by atoms with van der Waals surface area (Å²) >= 11 is 1.90. The lowest BCUT2D eigenvalue weighted by molar-refractivity contribution is 1.39. The van der Waals surface area contributed by atoms with E-state index in [-0.39, 0.29) is 0 Å². The standard InChI is InChI=1S/C25H22SSi/c1-4-10-21(11-5-1)20-26-22-16-18-25(19-17-22)27(23-12-6-2-7-13-23)24-14-8-3-9-15-24/h1-19,27H,20H2. The van der Waals surface area contributed by atoms with E-state index in [4.69, 9.17) is 0 Å². The van der Waals surface area contributed by atoms with Crippen LogP contribution in [-0.4, -0.2) is 8.80 Å². The van der Waals surface area contributed by atoms with Gasteiger partial charge in [0.05, 0.1) is 0 Å². The van der Waals surface area contributed by atoms with Crippen molar-refractivity contribution in [3.63, 3.8) is 0 Å². The molecule has 0 fully saturated rings. The molecular weight excluding hydrogens is 360 g/mol. The average Bonchev–Trinajstić information content (AvgIpc) is 2.76. The third-order valence-electron chi connectivity index (χ3n) is 4.73. The predicted molar refractivity (Wildman–Crippen MR) is 121 cm³/mol. The molecule has 27 heavy (non-hydrogen) atoms. The second-order valence-corrected chi connectivity index (χ2v) is 10.5. The van der Waals surface area contributed by atoms with Gasteiger partial charge in [0, 0.05) is 10.6 Å². The second-order valence-electron chi connectivity index (χ2n) is 6.60. The lowest BCUT2D eigenvalue weighted by Gasteiger charge is -2.17. The first-order valence-electron chi connectivity index (χ1n) is 9.27. The Balaban J connectivity index is 1.58. The maximum Gasteiger partial charge on any atom is 0.132 e. The van der Waals surface area contributed by atoms with Crippen LogP contribution in [0.2, 0.25) is 0 Å². The Morgan fingerprint density at radius 3 is 1.44 bits per heavy atom. The Morgan fingerprint density at radius 1 is 0.481 bits per heavy atom. The molecule has 132 valence electrons. The SMILES string of the molecule is c1ccc(CSc2ccc([SiH](c3ccccc3)c3ccccc3)cc2)cc1. The first kappa shape index (κ1) is 17.8. The Hall–Kier alpha value is -2.55. The van der Waals surface area contributed by atoms with Crippen LogP contribution in [0.3, 0.4) is 0 Å². The smallest absolute Gasteiger partial charge is 0.121 e. The van der Waals surface area contributed by atoms with Gasteiger partial charge in [-0.05, 0) is 17.7 Å². The molecule has 0 aliphatic carbocycles. The van der Waals surface area contributed by atoms with Gasteiger partial charge in [0.25, 0.3) is 0 Å². The van der Waals surface area contributed by atoms with Gasteiger partial charge in [0.1, 0.15) is 8.80 Å². The number of thioether (sulfide) groups is 1. The van der Waals surface area contributed by atoms with Gasteiger partial charge < -0.3 is 0 Å². The maximum absolute atomic E-state index is 2.34. The van der Waals surface area contributed by atoms with Crippen LogP contribution in [0.15, 0.2) is 120 Å². The van der Waals surface area contributed by atoms with Gasteiger partial charge in [-0.1, -0.05) is 119 Å². The van der Waals surface area contributed by atoms with E-state index in [0.29, 0.717) is 0 Å². The molecular formula is C25H22SSi. The van der Waals surface area contributed by atoms with Crippen molar-refractivity contribution in [2.75, 3.05) is 0 Å². The van der Waals surface area contributed by atoms with Gasteiger partial charge in [0.2, 0.25) is 0 Å². The lowest BCUT2D eigenvalue weighted by Crippen LogP contribution is -2.51. The van der Waals surface area contributed by atoms with Crippen molar-refractivity contribution in [2.24, 2.45) is 0 Å². The van der Waals surface area contributed by atoms with E-state index < -0.39 is 8.80 Å². The summed E-state index contributed by atoms with van der Waals surface area (Å²) in [6.07, 6.45) is 0.